The van der Waals surface area contributed by atoms with Gasteiger partial charge < -0.3 is 25.8 Å². The Bertz CT molecular complexity index is 1960. The number of hydrogen-bond acceptors (Lipinski definition) is 8. The molecule has 0 unspecified atom stereocenters. The van der Waals surface area contributed by atoms with Gasteiger partial charge in [0.05, 0.1) is 42.2 Å². The summed E-state index contributed by atoms with van der Waals surface area (Å²) in [5, 5.41) is 16.7. The van der Waals surface area contributed by atoms with Crippen molar-refractivity contribution >= 4 is 34.0 Å². The lowest BCUT2D eigenvalue weighted by molar-refractivity contribution is -0.114. The summed E-state index contributed by atoms with van der Waals surface area (Å²) in [4.78, 5) is 44.3. The molecule has 4 rings (SSSR count). The number of halogens is 1. The zero-order valence-corrected chi connectivity index (χ0v) is 30.7. The van der Waals surface area contributed by atoms with E-state index in [-0.39, 0.29) is 54.1 Å². The molecule has 2 aromatic carbocycles. The molecule has 272 valence electrons. The van der Waals surface area contributed by atoms with E-state index < -0.39 is 17.3 Å². The number of benzene rings is 2. The van der Waals surface area contributed by atoms with Gasteiger partial charge in [-0.2, -0.15) is 9.78 Å². The topological polar surface area (TPSA) is 153 Å². The molecule has 4 aromatic rings. The van der Waals surface area contributed by atoms with Crippen LogP contribution in [0.4, 0.5) is 10.2 Å². The molecule has 0 atom stereocenters. The van der Waals surface area contributed by atoms with Gasteiger partial charge in [-0.25, -0.2) is 9.37 Å². The van der Waals surface area contributed by atoms with Crippen molar-refractivity contribution in [3.05, 3.63) is 112 Å². The summed E-state index contributed by atoms with van der Waals surface area (Å²) < 4.78 is 22.5. The van der Waals surface area contributed by atoms with Crippen LogP contribution in [-0.4, -0.2) is 62.9 Å². The number of pyridine rings is 1. The first kappa shape index (κ1) is 40.2. The van der Waals surface area contributed by atoms with Gasteiger partial charge in [-0.1, -0.05) is 59.8 Å². The van der Waals surface area contributed by atoms with E-state index in [1.165, 1.54) is 48.0 Å². The number of nitrogens with two attached hydrogens (primary N) is 1. The molecule has 12 heteroatoms. The number of nitrogens with zero attached hydrogens (tertiary/aromatic N) is 4. The van der Waals surface area contributed by atoms with Crippen molar-refractivity contribution in [1.82, 2.24) is 19.7 Å². The van der Waals surface area contributed by atoms with Gasteiger partial charge >= 0.3 is 0 Å². The summed E-state index contributed by atoms with van der Waals surface area (Å²) in [7, 11) is 1.56. The molecule has 2 aromatic heterocycles. The van der Waals surface area contributed by atoms with E-state index in [4.69, 9.17) is 15.6 Å². The van der Waals surface area contributed by atoms with Gasteiger partial charge in [0.25, 0.3) is 17.4 Å². The van der Waals surface area contributed by atoms with Crippen LogP contribution in [0, 0.1) is 5.82 Å². The lowest BCUT2D eigenvalue weighted by Gasteiger charge is -2.20. The lowest BCUT2D eigenvalue weighted by Crippen LogP contribution is -2.29. The third-order valence-corrected chi connectivity index (χ3v) is 7.63. The number of ether oxygens (including phenoxy) is 1. The van der Waals surface area contributed by atoms with Gasteiger partial charge in [0, 0.05) is 30.7 Å². The molecule has 4 N–H and O–H groups in total. The number of carbonyl (C=O) groups excluding carboxylic acids is 2. The van der Waals surface area contributed by atoms with E-state index in [2.05, 4.69) is 35.8 Å². The van der Waals surface area contributed by atoms with E-state index in [9.17, 15) is 14.4 Å². The summed E-state index contributed by atoms with van der Waals surface area (Å²) in [5.74, 6) is -1.51. The molecule has 0 radical (unpaired) electrons. The van der Waals surface area contributed by atoms with Crippen LogP contribution < -0.4 is 16.6 Å². The van der Waals surface area contributed by atoms with Crippen LogP contribution in [0.25, 0.3) is 22.0 Å². The molecule has 0 saturated heterocycles. The van der Waals surface area contributed by atoms with E-state index in [0.29, 0.717) is 33.3 Å². The summed E-state index contributed by atoms with van der Waals surface area (Å²) in [6.45, 7) is 18.1. The fraction of sp³-hybridized carbons (Fsp3) is 0.359. The number of amides is 2. The molecule has 0 aliphatic rings. The molecular formula is C39H49FN6O5. The van der Waals surface area contributed by atoms with Gasteiger partial charge in [0.1, 0.15) is 17.3 Å². The second-order valence-electron chi connectivity index (χ2n) is 13.4. The molecule has 2 amide bonds. The quantitative estimate of drug-likeness (QED) is 0.118. The molecule has 0 saturated carbocycles. The number of carbonyl (C=O) groups is 2. The van der Waals surface area contributed by atoms with Crippen molar-refractivity contribution < 1.29 is 23.8 Å². The van der Waals surface area contributed by atoms with Crippen LogP contribution in [0.2, 0.25) is 0 Å². The van der Waals surface area contributed by atoms with Crippen LogP contribution in [0.5, 0.6) is 0 Å². The largest absolute Gasteiger partial charge is 0.395 e. The minimum Gasteiger partial charge on any atom is -0.395 e. The molecule has 0 aliphatic heterocycles. The second-order valence-corrected chi connectivity index (χ2v) is 13.4. The maximum Gasteiger partial charge on any atom is 0.282 e. The Labute approximate surface area is 298 Å². The molecule has 0 bridgehead atoms. The Morgan fingerprint density at radius 3 is 2.41 bits per heavy atom. The predicted molar refractivity (Wildman–Crippen MR) is 200 cm³/mol. The predicted octanol–water partition coefficient (Wildman–Crippen LogP) is 6.12. The van der Waals surface area contributed by atoms with E-state index in [1.807, 2.05) is 34.6 Å². The van der Waals surface area contributed by atoms with Crippen LogP contribution >= 0.6 is 0 Å². The number of primary amides is 1. The van der Waals surface area contributed by atoms with Gasteiger partial charge in [0.15, 0.2) is 0 Å². The van der Waals surface area contributed by atoms with Crippen molar-refractivity contribution in [2.24, 2.45) is 5.73 Å². The fourth-order valence-corrected chi connectivity index (χ4v) is 4.94. The maximum absolute atomic E-state index is 15.5. The Morgan fingerprint density at radius 2 is 1.84 bits per heavy atom. The number of nitrogens with one attached hydrogen (secondary N) is 1. The number of hydrogen-bond donors (Lipinski definition) is 3. The minimum atomic E-state index is -0.797. The van der Waals surface area contributed by atoms with Crippen LogP contribution in [0.3, 0.4) is 0 Å². The number of aromatic nitrogens is 3. The summed E-state index contributed by atoms with van der Waals surface area (Å²) in [6.07, 6.45) is 5.34. The summed E-state index contributed by atoms with van der Waals surface area (Å²) >= 11 is 0. The van der Waals surface area contributed by atoms with Crippen molar-refractivity contribution in [1.29, 1.82) is 0 Å². The molecule has 0 spiro atoms. The van der Waals surface area contributed by atoms with Crippen molar-refractivity contribution in [3.8, 4) is 5.69 Å². The average Bonchev–Trinajstić information content (AvgIpc) is 3.06. The number of fused-ring (bicyclic) bond motifs is 1. The third kappa shape index (κ3) is 10.2. The zero-order valence-electron chi connectivity index (χ0n) is 30.7. The molecular weight excluding hydrogens is 651 g/mol. The number of allylic oxidation sites excluding steroid dienone is 2. The maximum atomic E-state index is 15.5. The van der Waals surface area contributed by atoms with Crippen LogP contribution in [0.1, 0.15) is 81.9 Å². The smallest absolute Gasteiger partial charge is 0.282 e. The van der Waals surface area contributed by atoms with Gasteiger partial charge in [-0.3, -0.25) is 14.4 Å². The van der Waals surface area contributed by atoms with E-state index in [1.54, 1.807) is 31.3 Å². The number of aliphatic hydroxyl groups excluding tert-OH is 1. The van der Waals surface area contributed by atoms with E-state index in [0.717, 1.165) is 10.2 Å². The average molecular weight is 701 g/mol. The highest BCUT2D eigenvalue weighted by Gasteiger charge is 2.21. The number of aliphatic hydroxyl groups is 1. The first-order chi connectivity index (χ1) is 24.0. The first-order valence-corrected chi connectivity index (χ1v) is 16.8. The van der Waals surface area contributed by atoms with Crippen molar-refractivity contribution in [2.75, 3.05) is 25.5 Å². The minimum absolute atomic E-state index is 0.0390. The lowest BCUT2D eigenvalue weighted by atomic mass is 9.86. The molecule has 2 heterocycles. The Hall–Kier alpha value is -5.20. The highest BCUT2D eigenvalue weighted by molar-refractivity contribution is 5.98. The third-order valence-electron chi connectivity index (χ3n) is 7.63. The summed E-state index contributed by atoms with van der Waals surface area (Å²) in [6, 6.07) is 11.3. The highest BCUT2D eigenvalue weighted by Crippen LogP contribution is 2.29. The SMILES string of the molecule is C=C(/C=C(/Nc1ccc(C(=O)N(C)CCO)cn1)C(N)=O)c1cccc(-n2ncc3cc(C(C)(C)C)cc(F)c3c2=O)c1COC(C)C.CCC. The molecule has 51 heavy (non-hydrogen) atoms. The van der Waals surface area contributed by atoms with Gasteiger partial charge in [-0.05, 0) is 72.4 Å². The normalized spacial score (nSPS) is 11.6. The number of anilines is 1. The summed E-state index contributed by atoms with van der Waals surface area (Å²) in [5.41, 5.74) is 7.52. The monoisotopic (exact) mass is 700 g/mol. The van der Waals surface area contributed by atoms with Crippen molar-refractivity contribution in [3.63, 3.8) is 0 Å². The fourth-order valence-electron chi connectivity index (χ4n) is 4.94. The first-order valence-electron chi connectivity index (χ1n) is 16.8. The Morgan fingerprint density at radius 1 is 1.16 bits per heavy atom. The Kier molecular flexibility index (Phi) is 13.9. The van der Waals surface area contributed by atoms with Gasteiger partial charge in [0.2, 0.25) is 0 Å². The van der Waals surface area contributed by atoms with E-state index >= 15 is 4.39 Å². The number of likely N-dealkylation sites (N-methyl/N-ethyl adjacent to an activating group) is 1. The van der Waals surface area contributed by atoms with Crippen LogP contribution in [0.15, 0.2) is 78.0 Å². The molecule has 0 aliphatic carbocycles. The second kappa shape index (κ2) is 17.6. The van der Waals surface area contributed by atoms with Crippen molar-refractivity contribution in [2.45, 2.75) is 73.0 Å². The number of rotatable bonds is 12. The molecule has 0 fully saturated rings. The Balaban J connectivity index is 0.00000226. The molecule has 11 nitrogen and oxygen atoms in total. The van der Waals surface area contributed by atoms with Gasteiger partial charge in [-0.15, -0.1) is 0 Å². The zero-order chi connectivity index (χ0) is 38.0. The highest BCUT2D eigenvalue weighted by atomic mass is 19.1. The van der Waals surface area contributed by atoms with Crippen LogP contribution in [-0.2, 0) is 21.6 Å². The standard InChI is InChI=1S/C36H41FN6O5.C3H8/c1-21(2)48-20-27-26(22(3)15-29(33(38)45)41-31-12-11-23(18-39-31)34(46)42(7)13-14-44)9-8-10-30(27)43-35(47)32-24(19-40-43)16-25(17-28(32)37)36(4,5)6;1-3-2/h8-12,15-19,21,44H,3,13-14,20H2,1-2,4-7H3,(H2,38,45)(H,39,41);3H2,1-2H3/b29-15+;.